The predicted octanol–water partition coefficient (Wildman–Crippen LogP) is -1.16. The molecule has 0 aromatic rings. The lowest BCUT2D eigenvalue weighted by atomic mass is 10.2. The van der Waals surface area contributed by atoms with Crippen LogP contribution in [0.5, 0.6) is 0 Å². The molecule has 0 aliphatic heterocycles. The molecule has 15 heavy (non-hydrogen) atoms. The summed E-state index contributed by atoms with van der Waals surface area (Å²) < 4.78 is 0. The van der Waals surface area contributed by atoms with E-state index in [1.807, 2.05) is 0 Å². The van der Waals surface area contributed by atoms with Gasteiger partial charge in [-0.05, 0) is 25.7 Å². The average molecular weight is 221 g/mol. The molecular formula is C10H23NO4. The van der Waals surface area contributed by atoms with E-state index in [2.05, 4.69) is 5.32 Å². The molecule has 0 saturated carbocycles. The van der Waals surface area contributed by atoms with E-state index in [0.29, 0.717) is 38.8 Å². The molecule has 0 aliphatic carbocycles. The van der Waals surface area contributed by atoms with Gasteiger partial charge in [0.2, 0.25) is 0 Å². The minimum atomic E-state index is -0.470. The van der Waals surface area contributed by atoms with Gasteiger partial charge in [0, 0.05) is 26.3 Å². The molecule has 2 unspecified atom stereocenters. The molecule has 0 rings (SSSR count). The summed E-state index contributed by atoms with van der Waals surface area (Å²) >= 11 is 0. The standard InChI is InChI=1S/C10H23NO4/c12-5-1-3-9(14)7-11-8-10(15)4-2-6-13/h9-15H,1-8H2. The summed E-state index contributed by atoms with van der Waals surface area (Å²) in [5.74, 6) is 0. The van der Waals surface area contributed by atoms with Gasteiger partial charge in [0.1, 0.15) is 0 Å². The third-order valence-electron chi connectivity index (χ3n) is 2.15. The van der Waals surface area contributed by atoms with Crippen molar-refractivity contribution in [3.05, 3.63) is 0 Å². The zero-order valence-corrected chi connectivity index (χ0v) is 9.10. The molecule has 5 heteroatoms. The minimum Gasteiger partial charge on any atom is -0.396 e. The summed E-state index contributed by atoms with van der Waals surface area (Å²) in [4.78, 5) is 0. The molecule has 0 aromatic heterocycles. The first-order valence-corrected chi connectivity index (χ1v) is 5.49. The van der Waals surface area contributed by atoms with E-state index < -0.39 is 12.2 Å². The number of aliphatic hydroxyl groups is 4. The Kier molecular flexibility index (Phi) is 10.2. The summed E-state index contributed by atoms with van der Waals surface area (Å²) in [6, 6.07) is 0. The zero-order valence-electron chi connectivity index (χ0n) is 9.10. The van der Waals surface area contributed by atoms with E-state index in [9.17, 15) is 10.2 Å². The molecule has 0 saturated heterocycles. The molecule has 0 heterocycles. The predicted molar refractivity (Wildman–Crippen MR) is 57.5 cm³/mol. The van der Waals surface area contributed by atoms with Crippen LogP contribution < -0.4 is 5.32 Å². The van der Waals surface area contributed by atoms with E-state index in [0.717, 1.165) is 0 Å². The van der Waals surface area contributed by atoms with E-state index in [1.165, 1.54) is 0 Å². The summed E-state index contributed by atoms with van der Waals surface area (Å²) in [5.41, 5.74) is 0. The highest BCUT2D eigenvalue weighted by molar-refractivity contribution is 4.63. The van der Waals surface area contributed by atoms with Crippen LogP contribution in [0.1, 0.15) is 25.7 Å². The Bertz CT molecular complexity index is 121. The fraction of sp³-hybridized carbons (Fsp3) is 1.00. The lowest BCUT2D eigenvalue weighted by Gasteiger charge is -2.14. The van der Waals surface area contributed by atoms with Gasteiger partial charge in [0.15, 0.2) is 0 Å². The first-order chi connectivity index (χ1) is 7.20. The van der Waals surface area contributed by atoms with Crippen LogP contribution in [0.25, 0.3) is 0 Å². The van der Waals surface area contributed by atoms with Crippen molar-refractivity contribution in [3.63, 3.8) is 0 Å². The van der Waals surface area contributed by atoms with Crippen molar-refractivity contribution in [2.45, 2.75) is 37.9 Å². The SMILES string of the molecule is OCCCC(O)CNCC(O)CCCO. The Hall–Kier alpha value is -0.200. The number of nitrogens with one attached hydrogen (secondary N) is 1. The molecule has 0 spiro atoms. The zero-order chi connectivity index (χ0) is 11.5. The van der Waals surface area contributed by atoms with Gasteiger partial charge in [-0.1, -0.05) is 0 Å². The largest absolute Gasteiger partial charge is 0.396 e. The Morgan fingerprint density at radius 3 is 1.53 bits per heavy atom. The first-order valence-electron chi connectivity index (χ1n) is 5.49. The van der Waals surface area contributed by atoms with Crippen LogP contribution in [-0.2, 0) is 0 Å². The Morgan fingerprint density at radius 1 is 0.800 bits per heavy atom. The normalized spacial score (nSPS) is 15.2. The molecule has 0 bridgehead atoms. The summed E-state index contributed by atoms with van der Waals surface area (Å²) in [6.07, 6.45) is 1.38. The molecule has 5 N–H and O–H groups in total. The fourth-order valence-corrected chi connectivity index (χ4v) is 1.27. The summed E-state index contributed by atoms with van der Waals surface area (Å²) in [7, 11) is 0. The summed E-state index contributed by atoms with van der Waals surface area (Å²) in [5, 5.41) is 38.7. The number of hydrogen-bond donors (Lipinski definition) is 5. The first kappa shape index (κ1) is 14.8. The van der Waals surface area contributed by atoms with Crippen LogP contribution in [0.15, 0.2) is 0 Å². The van der Waals surface area contributed by atoms with Gasteiger partial charge in [-0.25, -0.2) is 0 Å². The lowest BCUT2D eigenvalue weighted by Crippen LogP contribution is -2.33. The second-order valence-corrected chi connectivity index (χ2v) is 3.70. The van der Waals surface area contributed by atoms with E-state index in [1.54, 1.807) is 0 Å². The number of rotatable bonds is 10. The third kappa shape index (κ3) is 10.1. The van der Waals surface area contributed by atoms with Gasteiger partial charge in [-0.3, -0.25) is 0 Å². The fourth-order valence-electron chi connectivity index (χ4n) is 1.27. The monoisotopic (exact) mass is 221 g/mol. The smallest absolute Gasteiger partial charge is 0.0665 e. The number of aliphatic hydroxyl groups excluding tert-OH is 4. The molecule has 2 atom stereocenters. The van der Waals surface area contributed by atoms with Crippen LogP contribution >= 0.6 is 0 Å². The van der Waals surface area contributed by atoms with Crippen molar-refractivity contribution in [1.82, 2.24) is 5.32 Å². The highest BCUT2D eigenvalue weighted by Gasteiger charge is 2.06. The maximum absolute atomic E-state index is 9.37. The molecule has 0 fully saturated rings. The average Bonchev–Trinajstić information content (AvgIpc) is 2.23. The Balaban J connectivity index is 3.27. The maximum atomic E-state index is 9.37. The molecule has 5 nitrogen and oxygen atoms in total. The van der Waals surface area contributed by atoms with Gasteiger partial charge < -0.3 is 25.7 Å². The topological polar surface area (TPSA) is 93.0 Å². The van der Waals surface area contributed by atoms with Crippen LogP contribution in [-0.4, -0.2) is 58.9 Å². The van der Waals surface area contributed by atoms with Crippen LogP contribution in [0, 0.1) is 0 Å². The quantitative estimate of drug-likeness (QED) is 0.321. The van der Waals surface area contributed by atoms with Crippen LogP contribution in [0.3, 0.4) is 0 Å². The van der Waals surface area contributed by atoms with Crippen LogP contribution in [0.4, 0.5) is 0 Å². The Morgan fingerprint density at radius 2 is 1.20 bits per heavy atom. The second-order valence-electron chi connectivity index (χ2n) is 3.70. The van der Waals surface area contributed by atoms with Crippen LogP contribution in [0.2, 0.25) is 0 Å². The number of hydrogen-bond acceptors (Lipinski definition) is 5. The molecule has 0 amide bonds. The van der Waals surface area contributed by atoms with Crippen molar-refractivity contribution in [2.75, 3.05) is 26.3 Å². The highest BCUT2D eigenvalue weighted by Crippen LogP contribution is 1.96. The third-order valence-corrected chi connectivity index (χ3v) is 2.15. The van der Waals surface area contributed by atoms with Gasteiger partial charge in [0.05, 0.1) is 12.2 Å². The molecule has 92 valence electrons. The summed E-state index contributed by atoms with van der Waals surface area (Å²) in [6.45, 7) is 1.04. The minimum absolute atomic E-state index is 0.0934. The molecule has 0 aliphatic rings. The molecular weight excluding hydrogens is 198 g/mol. The second kappa shape index (κ2) is 10.3. The molecule has 0 aromatic carbocycles. The van der Waals surface area contributed by atoms with Crippen molar-refractivity contribution in [2.24, 2.45) is 0 Å². The molecule has 0 radical (unpaired) electrons. The van der Waals surface area contributed by atoms with Gasteiger partial charge in [-0.2, -0.15) is 0 Å². The van der Waals surface area contributed by atoms with E-state index in [-0.39, 0.29) is 13.2 Å². The lowest BCUT2D eigenvalue weighted by molar-refractivity contribution is 0.124. The van der Waals surface area contributed by atoms with Crippen molar-refractivity contribution in [1.29, 1.82) is 0 Å². The van der Waals surface area contributed by atoms with Crippen molar-refractivity contribution in [3.8, 4) is 0 Å². The highest BCUT2D eigenvalue weighted by atomic mass is 16.3. The van der Waals surface area contributed by atoms with Gasteiger partial charge in [-0.15, -0.1) is 0 Å². The van der Waals surface area contributed by atoms with Crippen molar-refractivity contribution < 1.29 is 20.4 Å². The van der Waals surface area contributed by atoms with E-state index in [4.69, 9.17) is 10.2 Å². The van der Waals surface area contributed by atoms with Gasteiger partial charge >= 0.3 is 0 Å². The van der Waals surface area contributed by atoms with Crippen molar-refractivity contribution >= 4 is 0 Å². The maximum Gasteiger partial charge on any atom is 0.0665 e. The Labute approximate surface area is 90.8 Å². The van der Waals surface area contributed by atoms with E-state index >= 15 is 0 Å². The van der Waals surface area contributed by atoms with Gasteiger partial charge in [0.25, 0.3) is 0 Å².